The second kappa shape index (κ2) is 11.9. The fourth-order valence-corrected chi connectivity index (χ4v) is 3.18. The third kappa shape index (κ3) is 7.10. The number of amides is 2. The summed E-state index contributed by atoms with van der Waals surface area (Å²) in [6.45, 7) is 6.05. The maximum absolute atomic E-state index is 13.0. The van der Waals surface area contributed by atoms with Crippen LogP contribution in [0.5, 0.6) is 11.5 Å². The summed E-state index contributed by atoms with van der Waals surface area (Å²) in [5.41, 5.74) is 1.12. The van der Waals surface area contributed by atoms with Crippen LogP contribution < -0.4 is 14.8 Å². The van der Waals surface area contributed by atoms with E-state index >= 15 is 0 Å². The van der Waals surface area contributed by atoms with Gasteiger partial charge in [0, 0.05) is 12.6 Å². The predicted molar refractivity (Wildman–Crippen MR) is 118 cm³/mol. The number of rotatable bonds is 11. The van der Waals surface area contributed by atoms with E-state index in [0.29, 0.717) is 25.1 Å². The Bertz CT molecular complexity index is 791. The van der Waals surface area contributed by atoms with Gasteiger partial charge in [-0.1, -0.05) is 37.3 Å². The summed E-state index contributed by atoms with van der Waals surface area (Å²) in [6, 6.07) is 16.5. The smallest absolute Gasteiger partial charge is 0.261 e. The average molecular weight is 413 g/mol. The minimum absolute atomic E-state index is 0.00757. The summed E-state index contributed by atoms with van der Waals surface area (Å²) in [6.07, 6.45) is 1.20. The summed E-state index contributed by atoms with van der Waals surface area (Å²) in [5, 5.41) is 2.93. The maximum Gasteiger partial charge on any atom is 0.261 e. The van der Waals surface area contributed by atoms with Crippen molar-refractivity contribution in [3.63, 3.8) is 0 Å². The number of benzene rings is 2. The number of ether oxygens (including phenoxy) is 2. The standard InChI is InChI=1S/C24H32N2O4/c1-5-22(24(28)25-18(2)3)26(16-15-19-9-7-6-8-10-19)23(27)17-30-21-13-11-20(29-4)12-14-21/h6-14,18,22H,5,15-17H2,1-4H3,(H,25,28)/t22-/m1/s1. The molecule has 30 heavy (non-hydrogen) atoms. The van der Waals surface area contributed by atoms with Crippen LogP contribution in [0.25, 0.3) is 0 Å². The molecule has 162 valence electrons. The monoisotopic (exact) mass is 412 g/mol. The molecule has 0 saturated carbocycles. The van der Waals surface area contributed by atoms with Crippen molar-refractivity contribution in [1.29, 1.82) is 0 Å². The number of carbonyl (C=O) groups excluding carboxylic acids is 2. The van der Waals surface area contributed by atoms with E-state index in [1.54, 1.807) is 36.3 Å². The summed E-state index contributed by atoms with van der Waals surface area (Å²) < 4.78 is 10.8. The van der Waals surface area contributed by atoms with Gasteiger partial charge in [0.2, 0.25) is 5.91 Å². The van der Waals surface area contributed by atoms with Gasteiger partial charge < -0.3 is 19.7 Å². The van der Waals surface area contributed by atoms with Crippen molar-refractivity contribution in [3.8, 4) is 11.5 Å². The molecule has 2 aromatic carbocycles. The fourth-order valence-electron chi connectivity index (χ4n) is 3.18. The highest BCUT2D eigenvalue weighted by Crippen LogP contribution is 2.17. The van der Waals surface area contributed by atoms with E-state index in [9.17, 15) is 9.59 Å². The molecule has 2 amide bonds. The molecule has 0 aliphatic carbocycles. The topological polar surface area (TPSA) is 67.9 Å². The van der Waals surface area contributed by atoms with Crippen LogP contribution in [-0.2, 0) is 16.0 Å². The molecule has 0 aromatic heterocycles. The molecule has 2 rings (SSSR count). The molecule has 0 heterocycles. The van der Waals surface area contributed by atoms with Crippen molar-refractivity contribution >= 4 is 11.8 Å². The van der Waals surface area contributed by atoms with Crippen LogP contribution in [0.3, 0.4) is 0 Å². The molecule has 6 nitrogen and oxygen atoms in total. The van der Waals surface area contributed by atoms with Gasteiger partial charge in [0.25, 0.3) is 5.91 Å². The van der Waals surface area contributed by atoms with Gasteiger partial charge in [-0.25, -0.2) is 0 Å². The van der Waals surface area contributed by atoms with E-state index in [1.165, 1.54) is 0 Å². The number of hydrogen-bond acceptors (Lipinski definition) is 4. The Morgan fingerprint density at radius 1 is 1.00 bits per heavy atom. The lowest BCUT2D eigenvalue weighted by atomic mass is 10.1. The van der Waals surface area contributed by atoms with Crippen LogP contribution in [0.15, 0.2) is 54.6 Å². The minimum Gasteiger partial charge on any atom is -0.497 e. The molecule has 0 aliphatic heterocycles. The zero-order valence-electron chi connectivity index (χ0n) is 18.3. The zero-order chi connectivity index (χ0) is 21.9. The van der Waals surface area contributed by atoms with Gasteiger partial charge >= 0.3 is 0 Å². The van der Waals surface area contributed by atoms with E-state index in [2.05, 4.69) is 5.32 Å². The number of nitrogens with zero attached hydrogens (tertiary/aromatic N) is 1. The van der Waals surface area contributed by atoms with Crippen molar-refractivity contribution in [1.82, 2.24) is 10.2 Å². The number of nitrogens with one attached hydrogen (secondary N) is 1. The Morgan fingerprint density at radius 3 is 2.20 bits per heavy atom. The van der Waals surface area contributed by atoms with E-state index in [-0.39, 0.29) is 24.5 Å². The van der Waals surface area contributed by atoms with Gasteiger partial charge in [-0.2, -0.15) is 0 Å². The van der Waals surface area contributed by atoms with Gasteiger partial charge in [-0.05, 0) is 56.5 Å². The molecule has 0 spiro atoms. The molecule has 0 unspecified atom stereocenters. The van der Waals surface area contributed by atoms with E-state index in [1.807, 2.05) is 51.1 Å². The fraction of sp³-hybridized carbons (Fsp3) is 0.417. The second-order valence-corrected chi connectivity index (χ2v) is 7.37. The first-order valence-corrected chi connectivity index (χ1v) is 10.3. The van der Waals surface area contributed by atoms with E-state index in [4.69, 9.17) is 9.47 Å². The quantitative estimate of drug-likeness (QED) is 0.614. The lowest BCUT2D eigenvalue weighted by Gasteiger charge is -2.31. The predicted octanol–water partition coefficient (Wildman–Crippen LogP) is 3.45. The maximum atomic E-state index is 13.0. The van der Waals surface area contributed by atoms with Crippen LogP contribution in [0.4, 0.5) is 0 Å². The van der Waals surface area contributed by atoms with Crippen LogP contribution in [0.2, 0.25) is 0 Å². The third-order valence-electron chi connectivity index (χ3n) is 4.72. The summed E-state index contributed by atoms with van der Waals surface area (Å²) in [7, 11) is 1.59. The minimum atomic E-state index is -0.539. The molecular weight excluding hydrogens is 380 g/mol. The first-order valence-electron chi connectivity index (χ1n) is 10.3. The molecule has 6 heteroatoms. The van der Waals surface area contributed by atoms with Crippen molar-refractivity contribution in [2.75, 3.05) is 20.3 Å². The summed E-state index contributed by atoms with van der Waals surface area (Å²) in [5.74, 6) is 0.937. The van der Waals surface area contributed by atoms with Gasteiger partial charge in [0.15, 0.2) is 6.61 Å². The van der Waals surface area contributed by atoms with Gasteiger partial charge in [0.05, 0.1) is 7.11 Å². The number of carbonyl (C=O) groups is 2. The first-order chi connectivity index (χ1) is 14.4. The Labute approximate surface area is 179 Å². The molecular formula is C24H32N2O4. The van der Waals surface area contributed by atoms with Crippen LogP contribution in [0.1, 0.15) is 32.8 Å². The molecule has 0 bridgehead atoms. The third-order valence-corrected chi connectivity index (χ3v) is 4.72. The Kier molecular flexibility index (Phi) is 9.19. The molecule has 0 fully saturated rings. The highest BCUT2D eigenvalue weighted by atomic mass is 16.5. The molecule has 0 saturated heterocycles. The first kappa shape index (κ1) is 23.3. The summed E-state index contributed by atoms with van der Waals surface area (Å²) in [4.78, 5) is 27.4. The van der Waals surface area contributed by atoms with Crippen LogP contribution in [-0.4, -0.2) is 49.1 Å². The Hall–Kier alpha value is -3.02. The van der Waals surface area contributed by atoms with Crippen molar-refractivity contribution in [2.24, 2.45) is 0 Å². The normalized spacial score (nSPS) is 11.6. The number of methoxy groups -OCH3 is 1. The highest BCUT2D eigenvalue weighted by Gasteiger charge is 2.28. The molecule has 2 aromatic rings. The Morgan fingerprint density at radius 2 is 1.63 bits per heavy atom. The van der Waals surface area contributed by atoms with E-state index in [0.717, 1.165) is 11.3 Å². The van der Waals surface area contributed by atoms with Crippen LogP contribution in [0, 0.1) is 0 Å². The number of hydrogen-bond donors (Lipinski definition) is 1. The Balaban J connectivity index is 2.10. The van der Waals surface area contributed by atoms with Gasteiger partial charge in [-0.15, -0.1) is 0 Å². The lowest BCUT2D eigenvalue weighted by molar-refractivity contribution is -0.142. The SMILES string of the molecule is CC[C@H](C(=O)NC(C)C)N(CCc1ccccc1)C(=O)COc1ccc(OC)cc1. The molecule has 0 radical (unpaired) electrons. The van der Waals surface area contributed by atoms with Crippen LogP contribution >= 0.6 is 0 Å². The van der Waals surface area contributed by atoms with Crippen molar-refractivity contribution in [2.45, 2.75) is 45.7 Å². The molecule has 1 atom stereocenters. The highest BCUT2D eigenvalue weighted by molar-refractivity contribution is 5.88. The molecule has 0 aliphatic rings. The van der Waals surface area contributed by atoms with Crippen molar-refractivity contribution in [3.05, 3.63) is 60.2 Å². The van der Waals surface area contributed by atoms with Gasteiger partial charge in [0.1, 0.15) is 17.5 Å². The zero-order valence-corrected chi connectivity index (χ0v) is 18.3. The molecule has 1 N–H and O–H groups in total. The van der Waals surface area contributed by atoms with E-state index < -0.39 is 6.04 Å². The lowest BCUT2D eigenvalue weighted by Crippen LogP contribution is -2.52. The summed E-state index contributed by atoms with van der Waals surface area (Å²) >= 11 is 0. The second-order valence-electron chi connectivity index (χ2n) is 7.37. The van der Waals surface area contributed by atoms with Gasteiger partial charge in [-0.3, -0.25) is 9.59 Å². The van der Waals surface area contributed by atoms with Crippen molar-refractivity contribution < 1.29 is 19.1 Å². The largest absolute Gasteiger partial charge is 0.497 e. The average Bonchev–Trinajstić information content (AvgIpc) is 2.75.